The van der Waals surface area contributed by atoms with E-state index in [-0.39, 0.29) is 0 Å². The molecule has 2 heteroatoms. The second-order valence-electron chi connectivity index (χ2n) is 6.06. The molecule has 1 aromatic rings. The Labute approximate surface area is 117 Å². The molecule has 19 heavy (non-hydrogen) atoms. The number of hydrogen-bond acceptors (Lipinski definition) is 2. The highest BCUT2D eigenvalue weighted by atomic mass is 15.2. The van der Waals surface area contributed by atoms with Crippen LogP contribution in [0.1, 0.15) is 50.6 Å². The van der Waals surface area contributed by atoms with E-state index in [1.54, 1.807) is 0 Å². The van der Waals surface area contributed by atoms with Gasteiger partial charge in [0.1, 0.15) is 0 Å². The Morgan fingerprint density at radius 3 is 2.84 bits per heavy atom. The van der Waals surface area contributed by atoms with Crippen LogP contribution in [0.2, 0.25) is 0 Å². The number of nitrogens with zero attached hydrogens (tertiary/aromatic N) is 1. The minimum Gasteiger partial charge on any atom is -0.306 e. The molecule has 2 fully saturated rings. The molecule has 3 unspecified atom stereocenters. The Kier molecular flexibility index (Phi) is 4.19. The molecule has 0 aliphatic carbocycles. The molecule has 0 amide bonds. The third-order valence-corrected chi connectivity index (χ3v) is 4.80. The Morgan fingerprint density at radius 2 is 2.05 bits per heavy atom. The lowest BCUT2D eigenvalue weighted by molar-refractivity contribution is 0.285. The molecule has 2 saturated heterocycles. The standard InChI is InChI=1S/C17H26N2/c1-2-7-15(14-8-4-3-5-9-14)18-16-11-13-19-12-6-10-17(16)19/h3-5,8-9,15-18H,2,6-7,10-13H2,1H3. The number of benzene rings is 1. The summed E-state index contributed by atoms with van der Waals surface area (Å²) in [6.07, 6.45) is 6.61. The third-order valence-electron chi connectivity index (χ3n) is 4.80. The topological polar surface area (TPSA) is 15.3 Å². The van der Waals surface area contributed by atoms with Crippen LogP contribution in [0.15, 0.2) is 30.3 Å². The predicted molar refractivity (Wildman–Crippen MR) is 80.2 cm³/mol. The van der Waals surface area contributed by atoms with E-state index in [1.165, 1.54) is 50.8 Å². The zero-order valence-electron chi connectivity index (χ0n) is 12.0. The van der Waals surface area contributed by atoms with Crippen molar-refractivity contribution in [3.05, 3.63) is 35.9 Å². The summed E-state index contributed by atoms with van der Waals surface area (Å²) < 4.78 is 0. The number of nitrogens with one attached hydrogen (secondary N) is 1. The van der Waals surface area contributed by atoms with E-state index >= 15 is 0 Å². The van der Waals surface area contributed by atoms with Crippen LogP contribution in [-0.2, 0) is 0 Å². The first kappa shape index (κ1) is 13.1. The summed E-state index contributed by atoms with van der Waals surface area (Å²) in [5.74, 6) is 0. The van der Waals surface area contributed by atoms with Gasteiger partial charge in [0.2, 0.25) is 0 Å². The molecule has 2 nitrogen and oxygen atoms in total. The van der Waals surface area contributed by atoms with Gasteiger partial charge in [0.05, 0.1) is 0 Å². The molecule has 1 N–H and O–H groups in total. The molecule has 3 atom stereocenters. The van der Waals surface area contributed by atoms with Crippen molar-refractivity contribution in [2.75, 3.05) is 13.1 Å². The van der Waals surface area contributed by atoms with E-state index in [2.05, 4.69) is 47.5 Å². The van der Waals surface area contributed by atoms with Gasteiger partial charge in [-0.1, -0.05) is 43.7 Å². The van der Waals surface area contributed by atoms with Crippen molar-refractivity contribution in [1.29, 1.82) is 0 Å². The zero-order chi connectivity index (χ0) is 13.1. The normalized spacial score (nSPS) is 28.5. The van der Waals surface area contributed by atoms with Crippen LogP contribution in [0.3, 0.4) is 0 Å². The average Bonchev–Trinajstić information content (AvgIpc) is 3.04. The van der Waals surface area contributed by atoms with Crippen LogP contribution >= 0.6 is 0 Å². The van der Waals surface area contributed by atoms with Gasteiger partial charge in [-0.2, -0.15) is 0 Å². The molecule has 1 aromatic carbocycles. The second-order valence-corrected chi connectivity index (χ2v) is 6.06. The third kappa shape index (κ3) is 2.85. The Hall–Kier alpha value is -0.860. The molecular formula is C17H26N2. The molecular weight excluding hydrogens is 232 g/mol. The van der Waals surface area contributed by atoms with Crippen LogP contribution in [0.5, 0.6) is 0 Å². The smallest absolute Gasteiger partial charge is 0.0323 e. The maximum Gasteiger partial charge on any atom is 0.0323 e. The van der Waals surface area contributed by atoms with Crippen molar-refractivity contribution in [2.45, 2.75) is 57.2 Å². The van der Waals surface area contributed by atoms with E-state index < -0.39 is 0 Å². The summed E-state index contributed by atoms with van der Waals surface area (Å²) >= 11 is 0. The van der Waals surface area contributed by atoms with Gasteiger partial charge >= 0.3 is 0 Å². The van der Waals surface area contributed by atoms with E-state index in [1.807, 2.05) is 0 Å². The molecule has 2 heterocycles. The molecule has 0 radical (unpaired) electrons. The van der Waals surface area contributed by atoms with Crippen molar-refractivity contribution >= 4 is 0 Å². The van der Waals surface area contributed by atoms with Crippen LogP contribution in [0.4, 0.5) is 0 Å². The fourth-order valence-electron chi connectivity index (χ4n) is 3.86. The summed E-state index contributed by atoms with van der Waals surface area (Å²) in [6.45, 7) is 4.91. The Morgan fingerprint density at radius 1 is 1.21 bits per heavy atom. The lowest BCUT2D eigenvalue weighted by Gasteiger charge is -2.27. The van der Waals surface area contributed by atoms with Crippen molar-refractivity contribution < 1.29 is 0 Å². The van der Waals surface area contributed by atoms with Crippen LogP contribution < -0.4 is 5.32 Å². The minimum atomic E-state index is 0.539. The molecule has 104 valence electrons. The lowest BCUT2D eigenvalue weighted by atomic mass is 9.99. The van der Waals surface area contributed by atoms with Crippen LogP contribution in [0, 0.1) is 0 Å². The summed E-state index contributed by atoms with van der Waals surface area (Å²) in [7, 11) is 0. The van der Waals surface area contributed by atoms with Gasteiger partial charge in [0.25, 0.3) is 0 Å². The molecule has 0 bridgehead atoms. The number of rotatable bonds is 5. The van der Waals surface area contributed by atoms with Crippen molar-refractivity contribution in [3.8, 4) is 0 Å². The average molecular weight is 258 g/mol. The van der Waals surface area contributed by atoms with Crippen LogP contribution in [-0.4, -0.2) is 30.1 Å². The van der Waals surface area contributed by atoms with Crippen molar-refractivity contribution in [2.24, 2.45) is 0 Å². The summed E-state index contributed by atoms with van der Waals surface area (Å²) in [6, 6.07) is 13.0. The maximum absolute atomic E-state index is 3.96. The summed E-state index contributed by atoms with van der Waals surface area (Å²) in [5.41, 5.74) is 1.46. The van der Waals surface area contributed by atoms with Gasteiger partial charge in [-0.15, -0.1) is 0 Å². The van der Waals surface area contributed by atoms with E-state index in [4.69, 9.17) is 0 Å². The largest absolute Gasteiger partial charge is 0.306 e. The van der Waals surface area contributed by atoms with E-state index in [0.29, 0.717) is 12.1 Å². The lowest BCUT2D eigenvalue weighted by Crippen LogP contribution is -2.41. The Balaban J connectivity index is 1.68. The first-order valence-corrected chi connectivity index (χ1v) is 7.93. The molecule has 2 aliphatic heterocycles. The zero-order valence-corrected chi connectivity index (χ0v) is 12.0. The first-order valence-electron chi connectivity index (χ1n) is 7.93. The van der Waals surface area contributed by atoms with E-state index in [9.17, 15) is 0 Å². The van der Waals surface area contributed by atoms with Crippen molar-refractivity contribution in [3.63, 3.8) is 0 Å². The number of hydrogen-bond donors (Lipinski definition) is 1. The van der Waals surface area contributed by atoms with Gasteiger partial charge in [-0.25, -0.2) is 0 Å². The highest BCUT2D eigenvalue weighted by Gasteiger charge is 2.37. The van der Waals surface area contributed by atoms with E-state index in [0.717, 1.165) is 6.04 Å². The quantitative estimate of drug-likeness (QED) is 0.871. The summed E-state index contributed by atoms with van der Waals surface area (Å²) in [4.78, 5) is 2.69. The second kappa shape index (κ2) is 6.06. The van der Waals surface area contributed by atoms with Crippen molar-refractivity contribution in [1.82, 2.24) is 10.2 Å². The predicted octanol–water partition coefficient (Wildman–Crippen LogP) is 3.35. The van der Waals surface area contributed by atoms with Gasteiger partial charge in [-0.05, 0) is 37.8 Å². The highest BCUT2D eigenvalue weighted by molar-refractivity contribution is 5.19. The number of fused-ring (bicyclic) bond motifs is 1. The molecule has 0 saturated carbocycles. The first-order chi connectivity index (χ1) is 9.38. The monoisotopic (exact) mass is 258 g/mol. The van der Waals surface area contributed by atoms with Crippen LogP contribution in [0.25, 0.3) is 0 Å². The minimum absolute atomic E-state index is 0.539. The SMILES string of the molecule is CCCC(NC1CCN2CCCC12)c1ccccc1. The van der Waals surface area contributed by atoms with Gasteiger partial charge < -0.3 is 5.32 Å². The molecule has 3 rings (SSSR count). The maximum atomic E-state index is 3.96. The fourth-order valence-corrected chi connectivity index (χ4v) is 3.86. The Bertz CT molecular complexity index is 390. The summed E-state index contributed by atoms with van der Waals surface area (Å²) in [5, 5.41) is 3.96. The fraction of sp³-hybridized carbons (Fsp3) is 0.647. The van der Waals surface area contributed by atoms with Gasteiger partial charge in [-0.3, -0.25) is 4.90 Å². The molecule has 0 spiro atoms. The highest BCUT2D eigenvalue weighted by Crippen LogP contribution is 2.30. The molecule has 0 aromatic heterocycles. The molecule has 2 aliphatic rings. The van der Waals surface area contributed by atoms with Gasteiger partial charge in [0, 0.05) is 24.7 Å². The van der Waals surface area contributed by atoms with Gasteiger partial charge in [0.15, 0.2) is 0 Å².